The number of piperazine rings is 1. The van der Waals surface area contributed by atoms with Gasteiger partial charge in [0.1, 0.15) is 5.75 Å². The number of rotatable bonds is 14. The van der Waals surface area contributed by atoms with Crippen LogP contribution in [0, 0.1) is 5.41 Å². The second-order valence-electron chi connectivity index (χ2n) is 12.8. The van der Waals surface area contributed by atoms with Crippen LogP contribution in [-0.4, -0.2) is 116 Å². The lowest BCUT2D eigenvalue weighted by atomic mass is 9.99. The van der Waals surface area contributed by atoms with Crippen LogP contribution in [0.15, 0.2) is 42.5 Å². The van der Waals surface area contributed by atoms with Gasteiger partial charge in [-0.05, 0) is 54.9 Å². The zero-order valence-electron chi connectivity index (χ0n) is 30.2. The number of carbonyl (C=O) groups is 3. The number of nitrogens with one attached hydrogen (secondary N) is 3. The molecule has 2 heterocycles. The summed E-state index contributed by atoms with van der Waals surface area (Å²) in [7, 11) is 1.69. The maximum atomic E-state index is 12.9. The number of carboxylic acid groups (broad SMARTS) is 1. The number of likely N-dealkylation sites (tertiary alicyclic amines) is 1. The number of guanidine groups is 1. The van der Waals surface area contributed by atoms with Crippen LogP contribution in [0.25, 0.3) is 11.1 Å². The van der Waals surface area contributed by atoms with E-state index < -0.39 is 12.1 Å². The first kappa shape index (κ1) is 42.0. The molecule has 4 N–H and O–H groups in total. The average Bonchev–Trinajstić information content (AvgIpc) is 3.13. The van der Waals surface area contributed by atoms with Crippen LogP contribution in [0.3, 0.4) is 0 Å². The highest BCUT2D eigenvalue weighted by Gasteiger charge is 2.38. The number of carboxylic acids is 1. The molecule has 3 amide bonds. The molecule has 4 rings (SSSR count). The number of nitrogens with zero attached hydrogens (tertiary/aromatic N) is 3. The number of amides is 3. The predicted octanol–water partition coefficient (Wildman–Crippen LogP) is 5.50. The SMILES string of the molecule is CCCCNC(=N)NC(=O)CCc1ccc(-c2ccc(CN3CCN(C(=O)N4CCCCC4)CC3)cc2)c(OCCCOC)c1.O=C(O)C(F)(F)F. The van der Waals surface area contributed by atoms with Gasteiger partial charge in [0.05, 0.1) is 6.61 Å². The molecule has 0 atom stereocenters. The molecule has 52 heavy (non-hydrogen) atoms. The van der Waals surface area contributed by atoms with Crippen LogP contribution in [-0.2, 0) is 27.3 Å². The summed E-state index contributed by atoms with van der Waals surface area (Å²) in [4.78, 5) is 40.6. The van der Waals surface area contributed by atoms with Gasteiger partial charge in [-0.25, -0.2) is 9.59 Å². The molecule has 2 aromatic rings. The van der Waals surface area contributed by atoms with E-state index in [4.69, 9.17) is 24.8 Å². The van der Waals surface area contributed by atoms with Gasteiger partial charge in [-0.2, -0.15) is 13.2 Å². The molecule has 2 saturated heterocycles. The smallest absolute Gasteiger partial charge is 0.490 e. The number of halogens is 3. The van der Waals surface area contributed by atoms with Gasteiger partial charge in [-0.3, -0.25) is 20.4 Å². The Morgan fingerprint density at radius 3 is 2.13 bits per heavy atom. The molecule has 2 aliphatic heterocycles. The quantitative estimate of drug-likeness (QED) is 0.113. The summed E-state index contributed by atoms with van der Waals surface area (Å²) in [6.07, 6.45) is 2.01. The number of benzene rings is 2. The number of aryl methyl sites for hydroxylation is 1. The molecule has 2 aromatic carbocycles. The number of carbonyl (C=O) groups excluding carboxylic acids is 2. The Kier molecular flexibility index (Phi) is 17.7. The number of methoxy groups -OCH3 is 1. The predicted molar refractivity (Wildman–Crippen MR) is 192 cm³/mol. The number of hydrogen-bond donors (Lipinski definition) is 4. The fraction of sp³-hybridized carbons (Fsp3) is 0.568. The molecule has 0 unspecified atom stereocenters. The molecule has 0 aliphatic carbocycles. The van der Waals surface area contributed by atoms with Crippen LogP contribution in [0.2, 0.25) is 0 Å². The van der Waals surface area contributed by atoms with E-state index in [0.29, 0.717) is 26.2 Å². The van der Waals surface area contributed by atoms with Crippen molar-refractivity contribution in [1.29, 1.82) is 5.41 Å². The van der Waals surface area contributed by atoms with Crippen molar-refractivity contribution < 1.29 is 42.1 Å². The van der Waals surface area contributed by atoms with Crippen molar-refractivity contribution in [3.8, 4) is 16.9 Å². The first-order chi connectivity index (χ1) is 24.9. The van der Waals surface area contributed by atoms with Crippen LogP contribution in [0.4, 0.5) is 18.0 Å². The van der Waals surface area contributed by atoms with Crippen LogP contribution in [0.1, 0.15) is 63.0 Å². The van der Waals surface area contributed by atoms with Gasteiger partial charge in [-0.1, -0.05) is 49.7 Å². The highest BCUT2D eigenvalue weighted by molar-refractivity contribution is 5.95. The van der Waals surface area contributed by atoms with E-state index >= 15 is 0 Å². The third-order valence-electron chi connectivity index (χ3n) is 8.72. The third-order valence-corrected chi connectivity index (χ3v) is 8.72. The zero-order valence-corrected chi connectivity index (χ0v) is 30.2. The number of ether oxygens (including phenoxy) is 2. The lowest BCUT2D eigenvalue weighted by Gasteiger charge is -2.38. The molecule has 15 heteroatoms. The van der Waals surface area contributed by atoms with Crippen LogP contribution >= 0.6 is 0 Å². The Labute approximate surface area is 304 Å². The summed E-state index contributed by atoms with van der Waals surface area (Å²) < 4.78 is 43.1. The second-order valence-corrected chi connectivity index (χ2v) is 12.8. The molecular weight excluding hydrogens is 681 g/mol. The van der Waals surface area contributed by atoms with Crippen molar-refractivity contribution in [3.05, 3.63) is 53.6 Å². The molecule has 12 nitrogen and oxygen atoms in total. The van der Waals surface area contributed by atoms with Gasteiger partial charge in [0.25, 0.3) is 0 Å². The highest BCUT2D eigenvalue weighted by Crippen LogP contribution is 2.32. The van der Waals surface area contributed by atoms with E-state index in [1.165, 1.54) is 12.0 Å². The number of aliphatic carboxylic acids is 1. The van der Waals surface area contributed by atoms with E-state index in [1.807, 2.05) is 21.9 Å². The number of hydrogen-bond acceptors (Lipinski definition) is 7. The average molecular weight is 735 g/mol. The fourth-order valence-electron chi connectivity index (χ4n) is 5.79. The minimum atomic E-state index is -5.08. The maximum absolute atomic E-state index is 12.9. The van der Waals surface area contributed by atoms with Crippen molar-refractivity contribution >= 4 is 23.9 Å². The number of alkyl halides is 3. The monoisotopic (exact) mass is 734 g/mol. The van der Waals surface area contributed by atoms with Crippen LogP contribution in [0.5, 0.6) is 5.75 Å². The molecule has 2 aliphatic rings. The maximum Gasteiger partial charge on any atom is 0.490 e. The third kappa shape index (κ3) is 14.7. The molecule has 0 bridgehead atoms. The summed E-state index contributed by atoms with van der Waals surface area (Å²) >= 11 is 0. The summed E-state index contributed by atoms with van der Waals surface area (Å²) in [6.45, 7) is 9.92. The lowest BCUT2D eigenvalue weighted by Crippen LogP contribution is -2.53. The minimum absolute atomic E-state index is 0.0552. The standard InChI is InChI=1S/C35H52N6O4.C2HF3O2/c1-3-4-17-37-34(36)38-33(42)16-12-28-11-15-31(32(26-28)45-25-8-24-44-2)30-13-9-29(10-14-30)27-39-20-22-41(23-21-39)35(43)40-18-6-5-7-19-40;3-2(4,5)1(6)7/h9-11,13-15,26H,3-8,12,16-25,27H2,1-2H3,(H3,36,37,38,42);(H,6,7). The first-order valence-electron chi connectivity index (χ1n) is 17.9. The van der Waals surface area contributed by atoms with Gasteiger partial charge in [0.2, 0.25) is 5.91 Å². The van der Waals surface area contributed by atoms with E-state index in [9.17, 15) is 22.8 Å². The largest absolute Gasteiger partial charge is 0.493 e. The van der Waals surface area contributed by atoms with E-state index in [2.05, 4.69) is 52.8 Å². The molecule has 288 valence electrons. The zero-order chi connectivity index (χ0) is 37.9. The Bertz CT molecular complexity index is 1430. The molecule has 0 spiro atoms. The van der Waals surface area contributed by atoms with Crippen molar-refractivity contribution in [3.63, 3.8) is 0 Å². The van der Waals surface area contributed by atoms with Gasteiger partial charge < -0.3 is 29.7 Å². The van der Waals surface area contributed by atoms with Gasteiger partial charge in [-0.15, -0.1) is 0 Å². The topological polar surface area (TPSA) is 148 Å². The Morgan fingerprint density at radius 1 is 0.885 bits per heavy atom. The highest BCUT2D eigenvalue weighted by atomic mass is 19.4. The number of piperidine rings is 1. The first-order valence-corrected chi connectivity index (χ1v) is 17.9. The van der Waals surface area contributed by atoms with E-state index in [1.54, 1.807) is 7.11 Å². The number of unbranched alkanes of at least 4 members (excludes halogenated alkanes) is 1. The lowest BCUT2D eigenvalue weighted by molar-refractivity contribution is -0.192. The van der Waals surface area contributed by atoms with Crippen molar-refractivity contribution in [2.75, 3.05) is 66.1 Å². The summed E-state index contributed by atoms with van der Waals surface area (Å²) in [5, 5.41) is 20.6. The Morgan fingerprint density at radius 2 is 1.52 bits per heavy atom. The normalized spacial score (nSPS) is 14.9. The molecule has 0 aromatic heterocycles. The molecular formula is C37H53F3N6O6. The van der Waals surface area contributed by atoms with Gasteiger partial charge >= 0.3 is 18.2 Å². The summed E-state index contributed by atoms with van der Waals surface area (Å²) in [5.74, 6) is -2.09. The summed E-state index contributed by atoms with van der Waals surface area (Å²) in [6, 6.07) is 15.0. The van der Waals surface area contributed by atoms with Gasteiger partial charge in [0, 0.05) is 84.5 Å². The van der Waals surface area contributed by atoms with E-state index in [-0.39, 0.29) is 24.3 Å². The molecule has 2 fully saturated rings. The second kappa shape index (κ2) is 21.9. The minimum Gasteiger partial charge on any atom is -0.493 e. The van der Waals surface area contributed by atoms with Crippen molar-refractivity contribution in [1.82, 2.24) is 25.3 Å². The molecule has 0 saturated carbocycles. The van der Waals surface area contributed by atoms with Crippen molar-refractivity contribution in [2.24, 2.45) is 0 Å². The summed E-state index contributed by atoms with van der Waals surface area (Å²) in [5.41, 5.74) is 4.34. The van der Waals surface area contributed by atoms with Crippen molar-refractivity contribution in [2.45, 2.75) is 71.0 Å². The Balaban J connectivity index is 0.000000944. The fourth-order valence-corrected chi connectivity index (χ4v) is 5.79. The molecule has 0 radical (unpaired) electrons. The van der Waals surface area contributed by atoms with E-state index in [0.717, 1.165) is 100 Å². The number of urea groups is 1. The van der Waals surface area contributed by atoms with Crippen LogP contribution < -0.4 is 15.4 Å². The van der Waals surface area contributed by atoms with Gasteiger partial charge in [0.15, 0.2) is 5.96 Å². The Hall–Kier alpha value is -4.37.